The average molecular weight is 197 g/mol. The number of aromatic nitrogens is 2. The fraction of sp³-hybridized carbons (Fsp3) is 0.375. The van der Waals surface area contributed by atoms with Crippen LogP contribution in [-0.2, 0) is 4.79 Å². The van der Waals surface area contributed by atoms with E-state index in [1.165, 1.54) is 6.07 Å². The molecule has 0 amide bonds. The molecule has 76 valence electrons. The molecule has 0 aliphatic carbocycles. The summed E-state index contributed by atoms with van der Waals surface area (Å²) >= 11 is 0. The van der Waals surface area contributed by atoms with Gasteiger partial charge < -0.3 is 15.4 Å². The number of nitrogens with zero attached hydrogens (tertiary/aromatic N) is 1. The molecular weight excluding hydrogens is 186 g/mol. The van der Waals surface area contributed by atoms with Crippen molar-refractivity contribution in [3.63, 3.8) is 0 Å². The molecule has 0 saturated heterocycles. The molecule has 1 heterocycles. The standard InChI is InChI=1S/C8H11N3O3/c1-5-10-6(4-7(12)11-5)9-3-2-8(13)14/h4H,2-3H2,1H3,(H,13,14)(H2,9,10,11,12). The summed E-state index contributed by atoms with van der Waals surface area (Å²) in [7, 11) is 0. The van der Waals surface area contributed by atoms with Gasteiger partial charge in [0.25, 0.3) is 5.56 Å². The van der Waals surface area contributed by atoms with Gasteiger partial charge in [0.2, 0.25) is 0 Å². The van der Waals surface area contributed by atoms with Gasteiger partial charge in [-0.05, 0) is 6.92 Å². The lowest BCUT2D eigenvalue weighted by Crippen LogP contribution is -2.14. The maximum Gasteiger partial charge on any atom is 0.305 e. The number of nitrogens with one attached hydrogen (secondary N) is 2. The Kier molecular flexibility index (Phi) is 3.22. The number of anilines is 1. The largest absolute Gasteiger partial charge is 0.481 e. The van der Waals surface area contributed by atoms with Crippen LogP contribution in [0.15, 0.2) is 10.9 Å². The Labute approximate surface area is 80.0 Å². The maximum atomic E-state index is 11.0. The molecule has 0 aromatic carbocycles. The predicted octanol–water partition coefficient (Wildman–Crippen LogP) is -0.0351. The number of hydrogen-bond acceptors (Lipinski definition) is 4. The first kappa shape index (κ1) is 10.2. The summed E-state index contributed by atoms with van der Waals surface area (Å²) in [6.45, 7) is 1.91. The molecule has 0 saturated carbocycles. The van der Waals surface area contributed by atoms with E-state index in [4.69, 9.17) is 5.11 Å². The third-order valence-corrected chi connectivity index (χ3v) is 1.51. The minimum atomic E-state index is -0.890. The lowest BCUT2D eigenvalue weighted by Gasteiger charge is -2.03. The Morgan fingerprint density at radius 3 is 3.00 bits per heavy atom. The lowest BCUT2D eigenvalue weighted by molar-refractivity contribution is -0.136. The molecule has 0 aliphatic rings. The number of H-pyrrole nitrogens is 1. The van der Waals surface area contributed by atoms with E-state index < -0.39 is 5.97 Å². The summed E-state index contributed by atoms with van der Waals surface area (Å²) in [4.78, 5) is 27.6. The van der Waals surface area contributed by atoms with E-state index in [1.54, 1.807) is 6.92 Å². The molecule has 0 atom stereocenters. The molecule has 0 unspecified atom stereocenters. The molecule has 6 heteroatoms. The Balaban J connectivity index is 2.59. The van der Waals surface area contributed by atoms with Crippen LogP contribution in [0.4, 0.5) is 5.82 Å². The number of carbonyl (C=O) groups is 1. The van der Waals surface area contributed by atoms with Crippen molar-refractivity contribution in [1.29, 1.82) is 0 Å². The highest BCUT2D eigenvalue weighted by molar-refractivity contribution is 5.67. The van der Waals surface area contributed by atoms with Crippen LogP contribution in [0, 0.1) is 6.92 Å². The fourth-order valence-electron chi connectivity index (χ4n) is 0.968. The van der Waals surface area contributed by atoms with Gasteiger partial charge in [-0.2, -0.15) is 0 Å². The van der Waals surface area contributed by atoms with Crippen molar-refractivity contribution >= 4 is 11.8 Å². The summed E-state index contributed by atoms with van der Waals surface area (Å²) in [5.41, 5.74) is -0.254. The molecule has 0 radical (unpaired) electrons. The van der Waals surface area contributed by atoms with Crippen LogP contribution in [0.1, 0.15) is 12.2 Å². The number of rotatable bonds is 4. The second-order valence-corrected chi connectivity index (χ2v) is 2.79. The van der Waals surface area contributed by atoms with Crippen molar-refractivity contribution in [3.05, 3.63) is 22.2 Å². The number of hydrogen-bond donors (Lipinski definition) is 3. The zero-order chi connectivity index (χ0) is 10.6. The fourth-order valence-corrected chi connectivity index (χ4v) is 0.968. The van der Waals surface area contributed by atoms with Crippen LogP contribution in [0.3, 0.4) is 0 Å². The number of carboxylic acids is 1. The SMILES string of the molecule is Cc1nc(NCCC(=O)O)cc(=O)[nH]1. The van der Waals surface area contributed by atoms with Crippen molar-refractivity contribution in [1.82, 2.24) is 9.97 Å². The van der Waals surface area contributed by atoms with Crippen molar-refractivity contribution in [2.24, 2.45) is 0 Å². The van der Waals surface area contributed by atoms with Gasteiger partial charge >= 0.3 is 5.97 Å². The Bertz CT molecular complexity index is 386. The maximum absolute atomic E-state index is 11.0. The molecule has 1 aromatic heterocycles. The lowest BCUT2D eigenvalue weighted by atomic mass is 10.4. The summed E-state index contributed by atoms with van der Waals surface area (Å²) in [6.07, 6.45) is -0.00642. The topological polar surface area (TPSA) is 95.1 Å². The van der Waals surface area contributed by atoms with Gasteiger partial charge in [0.05, 0.1) is 6.42 Å². The average Bonchev–Trinajstić information content (AvgIpc) is 2.01. The summed E-state index contributed by atoms with van der Waals surface area (Å²) in [5, 5.41) is 11.1. The first-order valence-corrected chi connectivity index (χ1v) is 4.11. The van der Waals surface area contributed by atoms with Crippen molar-refractivity contribution in [2.45, 2.75) is 13.3 Å². The smallest absolute Gasteiger partial charge is 0.305 e. The van der Waals surface area contributed by atoms with Gasteiger partial charge in [-0.25, -0.2) is 4.98 Å². The minimum absolute atomic E-state index is 0.00642. The summed E-state index contributed by atoms with van der Waals surface area (Å²) in [6, 6.07) is 1.29. The molecule has 1 rings (SSSR count). The Hall–Kier alpha value is -1.85. The van der Waals surface area contributed by atoms with Gasteiger partial charge in [0, 0.05) is 12.6 Å². The van der Waals surface area contributed by atoms with E-state index in [0.29, 0.717) is 11.6 Å². The van der Waals surface area contributed by atoms with Crippen LogP contribution in [0.2, 0.25) is 0 Å². The second-order valence-electron chi connectivity index (χ2n) is 2.79. The molecule has 3 N–H and O–H groups in total. The Morgan fingerprint density at radius 2 is 2.43 bits per heavy atom. The van der Waals surface area contributed by atoms with E-state index in [1.807, 2.05) is 0 Å². The van der Waals surface area contributed by atoms with Gasteiger partial charge in [0.15, 0.2) is 0 Å². The predicted molar refractivity (Wildman–Crippen MR) is 50.3 cm³/mol. The van der Waals surface area contributed by atoms with Gasteiger partial charge in [-0.3, -0.25) is 9.59 Å². The summed E-state index contributed by atoms with van der Waals surface area (Å²) in [5.74, 6) is 0.00175. The van der Waals surface area contributed by atoms with Crippen LogP contribution in [0.5, 0.6) is 0 Å². The van der Waals surface area contributed by atoms with Crippen molar-refractivity contribution in [2.75, 3.05) is 11.9 Å². The van der Waals surface area contributed by atoms with Crippen LogP contribution >= 0.6 is 0 Å². The summed E-state index contributed by atoms with van der Waals surface area (Å²) < 4.78 is 0. The third kappa shape index (κ3) is 3.26. The molecule has 0 bridgehead atoms. The van der Waals surface area contributed by atoms with Crippen LogP contribution < -0.4 is 10.9 Å². The van der Waals surface area contributed by atoms with Crippen molar-refractivity contribution < 1.29 is 9.90 Å². The zero-order valence-corrected chi connectivity index (χ0v) is 7.70. The Morgan fingerprint density at radius 1 is 1.71 bits per heavy atom. The van der Waals surface area contributed by atoms with Gasteiger partial charge in [-0.1, -0.05) is 0 Å². The monoisotopic (exact) mass is 197 g/mol. The van der Waals surface area contributed by atoms with Crippen molar-refractivity contribution in [3.8, 4) is 0 Å². The van der Waals surface area contributed by atoms with E-state index in [-0.39, 0.29) is 18.5 Å². The first-order valence-electron chi connectivity index (χ1n) is 4.11. The van der Waals surface area contributed by atoms with Gasteiger partial charge in [-0.15, -0.1) is 0 Å². The van der Waals surface area contributed by atoms with E-state index in [9.17, 15) is 9.59 Å². The van der Waals surface area contributed by atoms with E-state index >= 15 is 0 Å². The molecular formula is C8H11N3O3. The highest BCUT2D eigenvalue weighted by atomic mass is 16.4. The highest BCUT2D eigenvalue weighted by Crippen LogP contribution is 1.97. The quantitative estimate of drug-likeness (QED) is 0.629. The van der Waals surface area contributed by atoms with Crippen LogP contribution in [-0.4, -0.2) is 27.6 Å². The zero-order valence-electron chi connectivity index (χ0n) is 7.70. The third-order valence-electron chi connectivity index (χ3n) is 1.51. The second kappa shape index (κ2) is 4.40. The van der Waals surface area contributed by atoms with E-state index in [0.717, 1.165) is 0 Å². The number of aryl methyl sites for hydroxylation is 1. The molecule has 0 fully saturated rings. The molecule has 0 spiro atoms. The van der Waals surface area contributed by atoms with E-state index in [2.05, 4.69) is 15.3 Å². The number of aliphatic carboxylic acids is 1. The highest BCUT2D eigenvalue weighted by Gasteiger charge is 1.99. The normalized spacial score (nSPS) is 9.79. The number of aromatic amines is 1. The molecule has 1 aromatic rings. The van der Waals surface area contributed by atoms with Crippen LogP contribution in [0.25, 0.3) is 0 Å². The molecule has 0 aliphatic heterocycles. The first-order chi connectivity index (χ1) is 6.58. The molecule has 6 nitrogen and oxygen atoms in total. The number of carboxylic acid groups (broad SMARTS) is 1. The van der Waals surface area contributed by atoms with Gasteiger partial charge in [0.1, 0.15) is 11.6 Å². The minimum Gasteiger partial charge on any atom is -0.481 e. The molecule has 14 heavy (non-hydrogen) atoms.